The van der Waals surface area contributed by atoms with E-state index in [1.807, 2.05) is 11.0 Å². The Hall–Kier alpha value is -1.71. The number of rotatable bonds is 2. The van der Waals surface area contributed by atoms with Gasteiger partial charge in [-0.2, -0.15) is 0 Å². The van der Waals surface area contributed by atoms with E-state index in [1.165, 1.54) is 0 Å². The highest BCUT2D eigenvalue weighted by Crippen LogP contribution is 2.45. The van der Waals surface area contributed by atoms with Gasteiger partial charge < -0.3 is 15.1 Å². The number of fused-ring (bicyclic) bond motifs is 2. The SMILES string of the molecule is O=C(O)C1C2CCC(C2)N1c1cccc(O)c1. The summed E-state index contributed by atoms with van der Waals surface area (Å²) in [7, 11) is 0. The number of phenols is 1. The standard InChI is InChI=1S/C13H15NO3/c15-11-3-1-2-9(7-11)14-10-5-4-8(6-10)12(14)13(16)17/h1-3,7-8,10,12,15H,4-6H2,(H,16,17). The average Bonchev–Trinajstić information content (AvgIpc) is 2.88. The number of benzene rings is 1. The van der Waals surface area contributed by atoms with Gasteiger partial charge in [0.05, 0.1) is 0 Å². The fraction of sp³-hybridized carbons (Fsp3) is 0.462. The van der Waals surface area contributed by atoms with E-state index >= 15 is 0 Å². The molecular weight excluding hydrogens is 218 g/mol. The lowest BCUT2D eigenvalue weighted by Crippen LogP contribution is -2.45. The van der Waals surface area contributed by atoms with Crippen LogP contribution in [-0.2, 0) is 4.79 Å². The van der Waals surface area contributed by atoms with Gasteiger partial charge >= 0.3 is 5.97 Å². The molecule has 2 fully saturated rings. The molecule has 0 aromatic heterocycles. The van der Waals surface area contributed by atoms with Gasteiger partial charge in [0.2, 0.25) is 0 Å². The van der Waals surface area contributed by atoms with Crippen molar-refractivity contribution < 1.29 is 15.0 Å². The van der Waals surface area contributed by atoms with Crippen molar-refractivity contribution in [1.82, 2.24) is 0 Å². The molecule has 3 unspecified atom stereocenters. The summed E-state index contributed by atoms with van der Waals surface area (Å²) in [5, 5.41) is 18.8. The van der Waals surface area contributed by atoms with Gasteiger partial charge in [-0.25, -0.2) is 4.79 Å². The van der Waals surface area contributed by atoms with Gasteiger partial charge in [-0.15, -0.1) is 0 Å². The first-order chi connectivity index (χ1) is 8.16. The lowest BCUT2D eigenvalue weighted by Gasteiger charge is -2.34. The van der Waals surface area contributed by atoms with E-state index in [0.717, 1.165) is 24.9 Å². The maximum absolute atomic E-state index is 11.4. The van der Waals surface area contributed by atoms with Crippen molar-refractivity contribution in [2.45, 2.75) is 31.3 Å². The smallest absolute Gasteiger partial charge is 0.326 e. The minimum atomic E-state index is -0.749. The monoisotopic (exact) mass is 233 g/mol. The molecule has 2 N–H and O–H groups in total. The van der Waals surface area contributed by atoms with Crippen LogP contribution in [0.1, 0.15) is 19.3 Å². The zero-order valence-corrected chi connectivity index (χ0v) is 9.41. The van der Waals surface area contributed by atoms with Gasteiger partial charge in [0.1, 0.15) is 11.8 Å². The van der Waals surface area contributed by atoms with Crippen LogP contribution in [0.2, 0.25) is 0 Å². The molecule has 3 rings (SSSR count). The van der Waals surface area contributed by atoms with Crippen molar-refractivity contribution in [2.24, 2.45) is 5.92 Å². The van der Waals surface area contributed by atoms with E-state index in [1.54, 1.807) is 18.2 Å². The fourth-order valence-corrected chi connectivity index (χ4v) is 3.33. The Morgan fingerprint density at radius 1 is 1.35 bits per heavy atom. The zero-order chi connectivity index (χ0) is 12.0. The molecule has 1 aliphatic carbocycles. The van der Waals surface area contributed by atoms with Gasteiger partial charge in [-0.1, -0.05) is 6.07 Å². The summed E-state index contributed by atoms with van der Waals surface area (Å²) in [5.74, 6) is -0.296. The molecule has 1 saturated carbocycles. The minimum absolute atomic E-state index is 0.189. The van der Waals surface area contributed by atoms with Crippen LogP contribution < -0.4 is 4.90 Å². The van der Waals surface area contributed by atoms with Crippen LogP contribution in [0.15, 0.2) is 24.3 Å². The Morgan fingerprint density at radius 3 is 2.88 bits per heavy atom. The highest BCUT2D eigenvalue weighted by molar-refractivity contribution is 5.80. The second kappa shape index (κ2) is 3.65. The summed E-state index contributed by atoms with van der Waals surface area (Å²) in [4.78, 5) is 13.3. The molecule has 3 atom stereocenters. The van der Waals surface area contributed by atoms with E-state index in [2.05, 4.69) is 0 Å². The number of piperidine rings is 1. The van der Waals surface area contributed by atoms with Crippen molar-refractivity contribution >= 4 is 11.7 Å². The number of carbonyl (C=O) groups is 1. The largest absolute Gasteiger partial charge is 0.508 e. The van der Waals surface area contributed by atoms with Crippen LogP contribution >= 0.6 is 0 Å². The lowest BCUT2D eigenvalue weighted by atomic mass is 9.98. The number of aromatic hydroxyl groups is 1. The third-order valence-corrected chi connectivity index (χ3v) is 3.97. The summed E-state index contributed by atoms with van der Waals surface area (Å²) < 4.78 is 0. The highest BCUT2D eigenvalue weighted by atomic mass is 16.4. The topological polar surface area (TPSA) is 60.8 Å². The Labute approximate surface area is 99.5 Å². The van der Waals surface area contributed by atoms with Crippen molar-refractivity contribution in [2.75, 3.05) is 4.90 Å². The number of hydrogen-bond donors (Lipinski definition) is 2. The molecule has 0 radical (unpaired) electrons. The molecule has 17 heavy (non-hydrogen) atoms. The van der Waals surface area contributed by atoms with Crippen LogP contribution in [0.5, 0.6) is 5.75 Å². The van der Waals surface area contributed by atoms with Crippen LogP contribution in [0.25, 0.3) is 0 Å². The quantitative estimate of drug-likeness (QED) is 0.818. The molecule has 1 heterocycles. The van der Waals surface area contributed by atoms with Crippen molar-refractivity contribution in [3.63, 3.8) is 0 Å². The first-order valence-electron chi connectivity index (χ1n) is 5.97. The summed E-state index contributed by atoms with van der Waals surface area (Å²) in [6.45, 7) is 0. The highest BCUT2D eigenvalue weighted by Gasteiger charge is 2.49. The molecule has 90 valence electrons. The number of carboxylic acids is 1. The molecule has 1 aromatic carbocycles. The summed E-state index contributed by atoms with van der Waals surface area (Å²) >= 11 is 0. The number of phenolic OH excluding ortho intramolecular Hbond substituents is 1. The molecule has 1 saturated heterocycles. The zero-order valence-electron chi connectivity index (χ0n) is 9.41. The number of nitrogens with zero attached hydrogens (tertiary/aromatic N) is 1. The summed E-state index contributed by atoms with van der Waals surface area (Å²) in [6.07, 6.45) is 3.04. The first kappa shape index (κ1) is 10.4. The van der Waals surface area contributed by atoms with Gasteiger partial charge in [0.15, 0.2) is 0 Å². The molecule has 1 aromatic rings. The fourth-order valence-electron chi connectivity index (χ4n) is 3.33. The van der Waals surface area contributed by atoms with E-state index in [0.29, 0.717) is 6.04 Å². The normalized spacial score (nSPS) is 30.8. The van der Waals surface area contributed by atoms with E-state index in [-0.39, 0.29) is 11.7 Å². The minimum Gasteiger partial charge on any atom is -0.508 e. The van der Waals surface area contributed by atoms with E-state index < -0.39 is 12.0 Å². The third-order valence-electron chi connectivity index (χ3n) is 3.97. The molecular formula is C13H15NO3. The van der Waals surface area contributed by atoms with Gasteiger partial charge in [-0.05, 0) is 37.3 Å². The summed E-state index contributed by atoms with van der Waals surface area (Å²) in [6, 6.07) is 6.79. The third kappa shape index (κ3) is 1.55. The predicted octanol–water partition coefficient (Wildman–Crippen LogP) is 1.83. The van der Waals surface area contributed by atoms with E-state index in [4.69, 9.17) is 0 Å². The average molecular weight is 233 g/mol. The predicted molar refractivity (Wildman–Crippen MR) is 63.1 cm³/mol. The number of carboxylic acid groups (broad SMARTS) is 1. The lowest BCUT2D eigenvalue weighted by molar-refractivity contribution is -0.139. The Kier molecular flexibility index (Phi) is 2.24. The second-order valence-electron chi connectivity index (χ2n) is 4.94. The molecule has 4 nitrogen and oxygen atoms in total. The van der Waals surface area contributed by atoms with Crippen LogP contribution in [0, 0.1) is 5.92 Å². The summed E-state index contributed by atoms with van der Waals surface area (Å²) in [5.41, 5.74) is 0.824. The Balaban J connectivity index is 1.98. The second-order valence-corrected chi connectivity index (χ2v) is 4.94. The van der Waals surface area contributed by atoms with Crippen molar-refractivity contribution in [3.05, 3.63) is 24.3 Å². The number of anilines is 1. The molecule has 4 heteroatoms. The molecule has 1 aliphatic heterocycles. The Bertz CT molecular complexity index is 460. The van der Waals surface area contributed by atoms with Crippen LogP contribution in [0.4, 0.5) is 5.69 Å². The van der Waals surface area contributed by atoms with Gasteiger partial charge in [0.25, 0.3) is 0 Å². The molecule has 2 aliphatic rings. The van der Waals surface area contributed by atoms with Gasteiger partial charge in [-0.3, -0.25) is 0 Å². The van der Waals surface area contributed by atoms with Crippen LogP contribution in [0.3, 0.4) is 0 Å². The number of hydrogen-bond acceptors (Lipinski definition) is 3. The maximum Gasteiger partial charge on any atom is 0.326 e. The molecule has 2 bridgehead atoms. The van der Waals surface area contributed by atoms with Crippen molar-refractivity contribution in [3.8, 4) is 5.75 Å². The van der Waals surface area contributed by atoms with Gasteiger partial charge in [0, 0.05) is 17.8 Å². The Morgan fingerprint density at radius 2 is 2.18 bits per heavy atom. The van der Waals surface area contributed by atoms with E-state index in [9.17, 15) is 15.0 Å². The first-order valence-corrected chi connectivity index (χ1v) is 5.97. The maximum atomic E-state index is 11.4. The molecule has 0 amide bonds. The number of aliphatic carboxylic acids is 1. The molecule has 0 spiro atoms. The van der Waals surface area contributed by atoms with Crippen LogP contribution in [-0.4, -0.2) is 28.3 Å². The van der Waals surface area contributed by atoms with Crippen molar-refractivity contribution in [1.29, 1.82) is 0 Å².